The van der Waals surface area contributed by atoms with Crippen LogP contribution in [-0.2, 0) is 19.0 Å². The SMILES string of the molecule is COC1=CC(C2CCC=CC2OC)C(/C=C2/C(=O)NC3CC=CC=C23)CC1OC. The van der Waals surface area contributed by atoms with Crippen molar-refractivity contribution in [3.63, 3.8) is 0 Å². The molecule has 1 amide bonds. The lowest BCUT2D eigenvalue weighted by atomic mass is 9.69. The number of carbonyl (C=O) groups is 1. The van der Waals surface area contributed by atoms with E-state index in [2.05, 4.69) is 41.8 Å². The van der Waals surface area contributed by atoms with Gasteiger partial charge in [0.05, 0.1) is 19.3 Å². The van der Waals surface area contributed by atoms with E-state index < -0.39 is 0 Å². The summed E-state index contributed by atoms with van der Waals surface area (Å²) in [5.74, 6) is 1.66. The molecule has 0 aromatic rings. The maximum atomic E-state index is 12.7. The van der Waals surface area contributed by atoms with E-state index in [0.717, 1.165) is 42.6 Å². The minimum atomic E-state index is -0.0984. The molecule has 1 heterocycles. The molecular formula is C24H31NO4. The van der Waals surface area contributed by atoms with Gasteiger partial charge in [0.1, 0.15) is 11.9 Å². The molecule has 29 heavy (non-hydrogen) atoms. The minimum Gasteiger partial charge on any atom is -0.499 e. The fourth-order valence-corrected chi connectivity index (χ4v) is 5.26. The minimum absolute atomic E-state index is 0.0333. The normalized spacial score (nSPS) is 37.8. The van der Waals surface area contributed by atoms with Crippen LogP contribution in [0, 0.1) is 17.8 Å². The van der Waals surface area contributed by atoms with Gasteiger partial charge in [-0.25, -0.2) is 0 Å². The number of amides is 1. The molecule has 1 aliphatic heterocycles. The summed E-state index contributed by atoms with van der Waals surface area (Å²) in [5, 5.41) is 3.12. The molecule has 4 rings (SSSR count). The molecule has 0 aromatic heterocycles. The molecule has 156 valence electrons. The molecule has 1 saturated heterocycles. The molecule has 0 radical (unpaired) electrons. The highest BCUT2D eigenvalue weighted by molar-refractivity contribution is 6.02. The van der Waals surface area contributed by atoms with Crippen LogP contribution in [0.5, 0.6) is 0 Å². The van der Waals surface area contributed by atoms with Crippen LogP contribution in [0.4, 0.5) is 0 Å². The van der Waals surface area contributed by atoms with Crippen LogP contribution in [0.3, 0.4) is 0 Å². The summed E-state index contributed by atoms with van der Waals surface area (Å²) >= 11 is 0. The number of methoxy groups -OCH3 is 3. The fourth-order valence-electron chi connectivity index (χ4n) is 5.26. The summed E-state index contributed by atoms with van der Waals surface area (Å²) in [4.78, 5) is 12.7. The zero-order chi connectivity index (χ0) is 20.4. The van der Waals surface area contributed by atoms with Gasteiger partial charge in [-0.3, -0.25) is 4.79 Å². The topological polar surface area (TPSA) is 56.8 Å². The molecule has 6 unspecified atom stereocenters. The van der Waals surface area contributed by atoms with Crippen LogP contribution in [0.1, 0.15) is 25.7 Å². The quantitative estimate of drug-likeness (QED) is 0.570. The van der Waals surface area contributed by atoms with E-state index in [1.54, 1.807) is 21.3 Å². The van der Waals surface area contributed by atoms with E-state index in [4.69, 9.17) is 14.2 Å². The number of allylic oxidation sites excluding steroid dienone is 5. The largest absolute Gasteiger partial charge is 0.499 e. The van der Waals surface area contributed by atoms with Gasteiger partial charge in [0.2, 0.25) is 0 Å². The summed E-state index contributed by atoms with van der Waals surface area (Å²) in [6.45, 7) is 0. The van der Waals surface area contributed by atoms with Crippen molar-refractivity contribution in [2.24, 2.45) is 17.8 Å². The third-order valence-electron chi connectivity index (χ3n) is 6.76. The van der Waals surface area contributed by atoms with E-state index in [1.165, 1.54) is 0 Å². The maximum absolute atomic E-state index is 12.7. The number of rotatable bonds is 5. The van der Waals surface area contributed by atoms with Crippen LogP contribution >= 0.6 is 0 Å². The lowest BCUT2D eigenvalue weighted by molar-refractivity contribution is -0.116. The molecule has 0 spiro atoms. The second kappa shape index (κ2) is 8.72. The van der Waals surface area contributed by atoms with Gasteiger partial charge >= 0.3 is 0 Å². The lowest BCUT2D eigenvalue weighted by Crippen LogP contribution is -2.38. The van der Waals surface area contributed by atoms with Gasteiger partial charge < -0.3 is 19.5 Å². The van der Waals surface area contributed by atoms with E-state index in [-0.39, 0.29) is 36.0 Å². The summed E-state index contributed by atoms with van der Waals surface area (Å²) in [7, 11) is 5.20. The first kappa shape index (κ1) is 20.2. The fraction of sp³-hybridized carbons (Fsp3) is 0.542. The Balaban J connectivity index is 1.72. The highest BCUT2D eigenvalue weighted by Crippen LogP contribution is 2.43. The second-order valence-electron chi connectivity index (χ2n) is 8.24. The Hall–Kier alpha value is -2.11. The Morgan fingerprint density at radius 2 is 2.03 bits per heavy atom. The Labute approximate surface area is 173 Å². The van der Waals surface area contributed by atoms with E-state index in [0.29, 0.717) is 5.92 Å². The molecule has 1 N–H and O–H groups in total. The smallest absolute Gasteiger partial charge is 0.251 e. The molecule has 4 aliphatic rings. The Morgan fingerprint density at radius 3 is 2.79 bits per heavy atom. The Morgan fingerprint density at radius 1 is 1.17 bits per heavy atom. The molecule has 5 nitrogen and oxygen atoms in total. The van der Waals surface area contributed by atoms with Crippen LogP contribution < -0.4 is 5.32 Å². The van der Waals surface area contributed by atoms with Gasteiger partial charge in [0.15, 0.2) is 0 Å². The zero-order valence-corrected chi connectivity index (χ0v) is 17.5. The highest BCUT2D eigenvalue weighted by Gasteiger charge is 2.40. The second-order valence-corrected chi connectivity index (χ2v) is 8.24. The third kappa shape index (κ3) is 3.86. The standard InChI is InChI=1S/C24H31NO4/c1-27-21-11-7-5-9-17(21)18-14-23(29-3)22(28-2)13-15(18)12-19-16-8-4-6-10-20(16)25-24(19)26/h4,6-8,11-12,14-15,17-18,20-22H,5,9-10,13H2,1-3H3,(H,25,26)/b19-12+. The number of nitrogens with one attached hydrogen (secondary N) is 1. The lowest BCUT2D eigenvalue weighted by Gasteiger charge is -2.40. The van der Waals surface area contributed by atoms with Crippen molar-refractivity contribution in [1.82, 2.24) is 5.32 Å². The third-order valence-corrected chi connectivity index (χ3v) is 6.76. The monoisotopic (exact) mass is 397 g/mol. The first-order valence-electron chi connectivity index (χ1n) is 10.5. The summed E-state index contributed by atoms with van der Waals surface area (Å²) < 4.78 is 17.2. The molecule has 0 bridgehead atoms. The van der Waals surface area contributed by atoms with Gasteiger partial charge in [-0.05, 0) is 55.1 Å². The molecule has 1 fully saturated rings. The van der Waals surface area contributed by atoms with Gasteiger partial charge in [0.25, 0.3) is 5.91 Å². The number of fused-ring (bicyclic) bond motifs is 1. The molecular weight excluding hydrogens is 366 g/mol. The summed E-state index contributed by atoms with van der Waals surface area (Å²) in [5.41, 5.74) is 1.93. The van der Waals surface area contributed by atoms with Gasteiger partial charge in [0, 0.05) is 19.8 Å². The van der Waals surface area contributed by atoms with Crippen molar-refractivity contribution in [3.05, 3.63) is 59.4 Å². The first-order chi connectivity index (χ1) is 14.2. The van der Waals surface area contributed by atoms with Crippen molar-refractivity contribution in [1.29, 1.82) is 0 Å². The molecule has 3 aliphatic carbocycles. The van der Waals surface area contributed by atoms with Crippen molar-refractivity contribution in [2.45, 2.75) is 43.9 Å². The molecule has 5 heteroatoms. The number of hydrogen-bond acceptors (Lipinski definition) is 4. The Bertz CT molecular complexity index is 791. The average Bonchev–Trinajstić information content (AvgIpc) is 3.08. The predicted molar refractivity (Wildman–Crippen MR) is 112 cm³/mol. The van der Waals surface area contributed by atoms with Crippen LogP contribution in [0.2, 0.25) is 0 Å². The number of carbonyl (C=O) groups excluding carboxylic acids is 1. The van der Waals surface area contributed by atoms with Crippen LogP contribution in [0.25, 0.3) is 0 Å². The van der Waals surface area contributed by atoms with E-state index in [1.807, 2.05) is 6.08 Å². The van der Waals surface area contributed by atoms with Crippen LogP contribution in [0.15, 0.2) is 59.4 Å². The molecule has 6 atom stereocenters. The van der Waals surface area contributed by atoms with Gasteiger partial charge in [-0.2, -0.15) is 0 Å². The van der Waals surface area contributed by atoms with E-state index in [9.17, 15) is 4.79 Å². The number of ether oxygens (including phenoxy) is 3. The summed E-state index contributed by atoms with van der Waals surface area (Å²) in [6, 6.07) is 0.105. The predicted octanol–water partition coefficient (Wildman–Crippen LogP) is 3.46. The zero-order valence-electron chi connectivity index (χ0n) is 17.5. The van der Waals surface area contributed by atoms with Crippen LogP contribution in [-0.4, -0.2) is 45.5 Å². The average molecular weight is 398 g/mol. The van der Waals surface area contributed by atoms with Crippen molar-refractivity contribution >= 4 is 5.91 Å². The molecule has 0 saturated carbocycles. The number of hydrogen-bond donors (Lipinski definition) is 1. The first-order valence-corrected chi connectivity index (χ1v) is 10.5. The van der Waals surface area contributed by atoms with Gasteiger partial charge in [-0.1, -0.05) is 36.5 Å². The van der Waals surface area contributed by atoms with Gasteiger partial charge in [-0.15, -0.1) is 0 Å². The molecule has 0 aromatic carbocycles. The highest BCUT2D eigenvalue weighted by atomic mass is 16.5. The summed E-state index contributed by atoms with van der Waals surface area (Å²) in [6.07, 6.45) is 18.7. The van der Waals surface area contributed by atoms with E-state index >= 15 is 0 Å². The van der Waals surface area contributed by atoms with Crippen molar-refractivity contribution < 1.29 is 19.0 Å². The maximum Gasteiger partial charge on any atom is 0.251 e. The van der Waals surface area contributed by atoms with Crippen molar-refractivity contribution in [2.75, 3.05) is 21.3 Å². The van der Waals surface area contributed by atoms with Crippen molar-refractivity contribution in [3.8, 4) is 0 Å². The Kier molecular flexibility index (Phi) is 6.07.